The van der Waals surface area contributed by atoms with Crippen molar-refractivity contribution in [3.05, 3.63) is 0 Å². The number of carbonyl (C=O) groups is 1. The Bertz CT molecular complexity index is 276. The summed E-state index contributed by atoms with van der Waals surface area (Å²) in [5, 5.41) is 3.43. The van der Waals surface area contributed by atoms with Crippen LogP contribution in [0.3, 0.4) is 0 Å². The Hall–Kier alpha value is -0.260. The molecule has 0 bridgehead atoms. The summed E-state index contributed by atoms with van der Waals surface area (Å²) in [5.41, 5.74) is 0. The van der Waals surface area contributed by atoms with Gasteiger partial charge < -0.3 is 15.0 Å². The van der Waals surface area contributed by atoms with Crippen molar-refractivity contribution in [2.45, 2.75) is 38.8 Å². The smallest absolute Gasteiger partial charge is 0.229 e. The van der Waals surface area contributed by atoms with E-state index in [4.69, 9.17) is 4.74 Å². The summed E-state index contributed by atoms with van der Waals surface area (Å²) in [4.78, 5) is 14.5. The highest BCUT2D eigenvalue weighted by Crippen LogP contribution is 2.19. The van der Waals surface area contributed by atoms with Gasteiger partial charge in [-0.05, 0) is 25.6 Å². The minimum absolute atomic E-state index is 0.0209. The maximum Gasteiger partial charge on any atom is 0.229 e. The van der Waals surface area contributed by atoms with Gasteiger partial charge in [-0.3, -0.25) is 4.79 Å². The van der Waals surface area contributed by atoms with Crippen LogP contribution in [0.15, 0.2) is 0 Å². The quantitative estimate of drug-likeness (QED) is 0.737. The second-order valence-corrected chi connectivity index (χ2v) is 6.08. The van der Waals surface area contributed by atoms with Crippen LogP contribution in [0.25, 0.3) is 0 Å². The fourth-order valence-electron chi connectivity index (χ4n) is 2.47. The summed E-state index contributed by atoms with van der Waals surface area (Å²) in [7, 11) is 1.93. The molecular weight excluding hydrogens is 260 g/mol. The highest BCUT2D eigenvalue weighted by atomic mass is 32.2. The molecule has 19 heavy (non-hydrogen) atoms. The average molecular weight is 288 g/mol. The van der Waals surface area contributed by atoms with Crippen LogP contribution >= 0.6 is 11.8 Å². The number of ether oxygens (including phenoxy) is 1. The van der Waals surface area contributed by atoms with E-state index in [1.165, 1.54) is 0 Å². The number of hydrogen-bond acceptors (Lipinski definition) is 4. The third-order valence-corrected chi connectivity index (χ3v) is 4.50. The molecule has 1 aliphatic rings. The molecule has 4 nitrogen and oxygen atoms in total. The lowest BCUT2D eigenvalue weighted by Crippen LogP contribution is -2.48. The van der Waals surface area contributed by atoms with Crippen molar-refractivity contribution in [2.75, 3.05) is 38.8 Å². The van der Waals surface area contributed by atoms with E-state index in [1.54, 1.807) is 11.8 Å². The third kappa shape index (κ3) is 4.65. The molecule has 1 heterocycles. The first-order chi connectivity index (χ1) is 9.15. The summed E-state index contributed by atoms with van der Waals surface area (Å²) in [6.45, 7) is 6.44. The van der Waals surface area contributed by atoms with E-state index in [-0.39, 0.29) is 17.9 Å². The first-order valence-electron chi connectivity index (χ1n) is 7.22. The molecule has 1 rings (SSSR count). The van der Waals surface area contributed by atoms with Crippen LogP contribution in [0.5, 0.6) is 0 Å². The fraction of sp³-hybridized carbons (Fsp3) is 0.929. The van der Waals surface area contributed by atoms with Crippen LogP contribution in [-0.2, 0) is 9.53 Å². The van der Waals surface area contributed by atoms with Gasteiger partial charge in [0.2, 0.25) is 5.91 Å². The molecule has 1 aliphatic heterocycles. The number of carbonyl (C=O) groups excluding carboxylic acids is 1. The molecule has 0 aromatic carbocycles. The lowest BCUT2D eigenvalue weighted by molar-refractivity contribution is -0.136. The molecule has 5 heteroatoms. The van der Waals surface area contributed by atoms with E-state index >= 15 is 0 Å². The number of hydrogen-bond donors (Lipinski definition) is 1. The number of amides is 1. The van der Waals surface area contributed by atoms with Crippen molar-refractivity contribution in [3.63, 3.8) is 0 Å². The predicted octanol–water partition coefficient (Wildman–Crippen LogP) is 1.60. The van der Waals surface area contributed by atoms with E-state index < -0.39 is 0 Å². The maximum absolute atomic E-state index is 12.6. The first-order valence-corrected chi connectivity index (χ1v) is 8.61. The van der Waals surface area contributed by atoms with Crippen LogP contribution in [0.1, 0.15) is 26.7 Å². The fourth-order valence-corrected chi connectivity index (χ4v) is 3.31. The molecule has 0 aromatic rings. The van der Waals surface area contributed by atoms with Crippen molar-refractivity contribution in [3.8, 4) is 0 Å². The second-order valence-electron chi connectivity index (χ2n) is 5.17. The summed E-state index contributed by atoms with van der Waals surface area (Å²) in [6, 6.07) is 0.511. The predicted molar refractivity (Wildman–Crippen MR) is 81.6 cm³/mol. The molecule has 0 spiro atoms. The normalized spacial score (nSPS) is 24.4. The number of rotatable bonds is 8. The van der Waals surface area contributed by atoms with Crippen molar-refractivity contribution in [1.82, 2.24) is 10.2 Å². The van der Waals surface area contributed by atoms with Crippen LogP contribution in [0.4, 0.5) is 0 Å². The SMILES string of the molecule is CCCNC1COCC1C(=O)N(C)C(CC)CSC. The lowest BCUT2D eigenvalue weighted by atomic mass is 10.0. The largest absolute Gasteiger partial charge is 0.379 e. The summed E-state index contributed by atoms with van der Waals surface area (Å²) >= 11 is 1.80. The molecule has 0 radical (unpaired) electrons. The molecule has 3 unspecified atom stereocenters. The highest BCUT2D eigenvalue weighted by molar-refractivity contribution is 7.98. The second kappa shape index (κ2) is 8.82. The number of thioether (sulfide) groups is 1. The maximum atomic E-state index is 12.6. The van der Waals surface area contributed by atoms with Gasteiger partial charge in [0.15, 0.2) is 0 Å². The average Bonchev–Trinajstić information content (AvgIpc) is 2.89. The van der Waals surface area contributed by atoms with Gasteiger partial charge in [-0.1, -0.05) is 13.8 Å². The zero-order valence-corrected chi connectivity index (χ0v) is 13.5. The van der Waals surface area contributed by atoms with E-state index in [0.29, 0.717) is 19.3 Å². The zero-order chi connectivity index (χ0) is 14.3. The zero-order valence-electron chi connectivity index (χ0n) is 12.6. The van der Waals surface area contributed by atoms with Gasteiger partial charge in [0.1, 0.15) is 0 Å². The number of nitrogens with one attached hydrogen (secondary N) is 1. The van der Waals surface area contributed by atoms with Crippen LogP contribution in [-0.4, -0.2) is 61.7 Å². The molecule has 1 amide bonds. The molecule has 0 aromatic heterocycles. The van der Waals surface area contributed by atoms with Gasteiger partial charge in [-0.25, -0.2) is 0 Å². The molecule has 0 saturated carbocycles. The van der Waals surface area contributed by atoms with E-state index in [0.717, 1.165) is 25.1 Å². The lowest BCUT2D eigenvalue weighted by Gasteiger charge is -2.30. The van der Waals surface area contributed by atoms with Gasteiger partial charge in [0.05, 0.1) is 19.1 Å². The topological polar surface area (TPSA) is 41.6 Å². The minimum Gasteiger partial charge on any atom is -0.379 e. The van der Waals surface area contributed by atoms with Crippen molar-refractivity contribution in [2.24, 2.45) is 5.92 Å². The van der Waals surface area contributed by atoms with Crippen molar-refractivity contribution < 1.29 is 9.53 Å². The molecule has 0 aliphatic carbocycles. The standard InChI is InChI=1S/C14H28N2O2S/c1-5-7-15-13-9-18-8-12(13)14(17)16(3)11(6-2)10-19-4/h11-13,15H,5-10H2,1-4H3. The van der Waals surface area contributed by atoms with Crippen LogP contribution in [0, 0.1) is 5.92 Å². The minimum atomic E-state index is -0.0209. The Morgan fingerprint density at radius 1 is 1.47 bits per heavy atom. The Morgan fingerprint density at radius 2 is 2.21 bits per heavy atom. The molecule has 112 valence electrons. The molecule has 1 N–H and O–H groups in total. The monoisotopic (exact) mass is 288 g/mol. The summed E-state index contributed by atoms with van der Waals surface area (Å²) in [6.07, 6.45) is 4.17. The summed E-state index contributed by atoms with van der Waals surface area (Å²) < 4.78 is 5.50. The van der Waals surface area contributed by atoms with Crippen LogP contribution in [0.2, 0.25) is 0 Å². The molecule has 3 atom stereocenters. The molecule has 1 fully saturated rings. The third-order valence-electron chi connectivity index (χ3n) is 3.78. The Labute approximate surface area is 121 Å². The molecule has 1 saturated heterocycles. The van der Waals surface area contributed by atoms with Gasteiger partial charge >= 0.3 is 0 Å². The van der Waals surface area contributed by atoms with Gasteiger partial charge in [0, 0.05) is 24.9 Å². The van der Waals surface area contributed by atoms with Crippen LogP contribution < -0.4 is 5.32 Å². The van der Waals surface area contributed by atoms with Crippen molar-refractivity contribution in [1.29, 1.82) is 0 Å². The van der Waals surface area contributed by atoms with E-state index in [1.807, 2.05) is 11.9 Å². The van der Waals surface area contributed by atoms with Gasteiger partial charge in [0.25, 0.3) is 0 Å². The van der Waals surface area contributed by atoms with Gasteiger partial charge in [-0.2, -0.15) is 11.8 Å². The van der Waals surface area contributed by atoms with E-state index in [9.17, 15) is 4.79 Å². The Kier molecular flexibility index (Phi) is 7.80. The van der Waals surface area contributed by atoms with E-state index in [2.05, 4.69) is 25.4 Å². The number of nitrogens with zero attached hydrogens (tertiary/aromatic N) is 1. The van der Waals surface area contributed by atoms with Crippen molar-refractivity contribution >= 4 is 17.7 Å². The Balaban J connectivity index is 2.58. The highest BCUT2D eigenvalue weighted by Gasteiger charge is 2.36. The molecular formula is C14H28N2O2S. The Morgan fingerprint density at radius 3 is 2.79 bits per heavy atom. The summed E-state index contributed by atoms with van der Waals surface area (Å²) in [5.74, 6) is 1.21. The first kappa shape index (κ1) is 16.8. The van der Waals surface area contributed by atoms with Gasteiger partial charge in [-0.15, -0.1) is 0 Å².